The van der Waals surface area contributed by atoms with Gasteiger partial charge in [0.1, 0.15) is 0 Å². The smallest absolute Gasteiger partial charge is 0.293 e. The van der Waals surface area contributed by atoms with Crippen LogP contribution in [0.3, 0.4) is 0 Å². The van der Waals surface area contributed by atoms with Gasteiger partial charge in [0, 0.05) is 26.0 Å². The fourth-order valence-corrected chi connectivity index (χ4v) is 1.49. The molecule has 0 aliphatic carbocycles. The number of carbonyl (C=O) groups excluding carboxylic acids is 1. The van der Waals surface area contributed by atoms with Crippen molar-refractivity contribution in [1.82, 2.24) is 24.5 Å². The van der Waals surface area contributed by atoms with Gasteiger partial charge in [0.2, 0.25) is 5.82 Å². The van der Waals surface area contributed by atoms with Gasteiger partial charge in [0.15, 0.2) is 0 Å². The summed E-state index contributed by atoms with van der Waals surface area (Å²) in [5.74, 6) is 0.478. The molecule has 2 aromatic rings. The molecule has 0 spiro atoms. The summed E-state index contributed by atoms with van der Waals surface area (Å²) < 4.78 is 1.50. The predicted octanol–water partition coefficient (Wildman–Crippen LogP) is 0.996. The van der Waals surface area contributed by atoms with Crippen molar-refractivity contribution < 1.29 is 4.79 Å². The Labute approximate surface area is 99.3 Å². The highest BCUT2D eigenvalue weighted by Crippen LogP contribution is 2.02. The van der Waals surface area contributed by atoms with Crippen LogP contribution in [-0.4, -0.2) is 44.0 Å². The minimum absolute atomic E-state index is 0.163. The van der Waals surface area contributed by atoms with Gasteiger partial charge in [-0.2, -0.15) is 4.98 Å². The van der Waals surface area contributed by atoms with Crippen LogP contribution in [-0.2, 0) is 0 Å². The molecule has 2 rings (SSSR count). The van der Waals surface area contributed by atoms with E-state index in [1.165, 1.54) is 4.52 Å². The van der Waals surface area contributed by atoms with Crippen LogP contribution in [0.25, 0.3) is 5.78 Å². The minimum Gasteiger partial charge on any atom is -0.339 e. The number of carbonyl (C=O) groups is 1. The molecule has 90 valence electrons. The van der Waals surface area contributed by atoms with Crippen molar-refractivity contribution in [3.8, 4) is 0 Å². The van der Waals surface area contributed by atoms with E-state index in [0.717, 1.165) is 19.4 Å². The quantitative estimate of drug-likeness (QED) is 0.790. The van der Waals surface area contributed by atoms with Crippen molar-refractivity contribution >= 4 is 11.7 Å². The molecular weight excluding hydrogens is 218 g/mol. The Morgan fingerprint density at radius 3 is 3.06 bits per heavy atom. The highest BCUT2D eigenvalue weighted by Gasteiger charge is 2.17. The first-order valence-electron chi connectivity index (χ1n) is 5.65. The van der Waals surface area contributed by atoms with Gasteiger partial charge in [-0.3, -0.25) is 4.79 Å². The lowest BCUT2D eigenvalue weighted by atomic mass is 10.3. The Balaban J connectivity index is 2.18. The maximum Gasteiger partial charge on any atom is 0.293 e. The topological polar surface area (TPSA) is 63.4 Å². The zero-order chi connectivity index (χ0) is 12.3. The fourth-order valence-electron chi connectivity index (χ4n) is 1.49. The van der Waals surface area contributed by atoms with Crippen LogP contribution in [0, 0.1) is 0 Å². The SMILES string of the molecule is CCCCN(C)C(=O)c1nc2ncccn2n1. The van der Waals surface area contributed by atoms with Crippen LogP contribution < -0.4 is 0 Å². The zero-order valence-corrected chi connectivity index (χ0v) is 10.00. The number of unbranched alkanes of at least 4 members (excludes halogenated alkanes) is 1. The molecular formula is C11H15N5O. The first kappa shape index (κ1) is 11.5. The molecule has 2 heterocycles. The standard InChI is InChI=1S/C11H15N5O/c1-3-4-7-15(2)10(17)9-13-11-12-6-5-8-16(11)14-9/h5-6,8H,3-4,7H2,1-2H3. The van der Waals surface area contributed by atoms with E-state index in [0.29, 0.717) is 5.78 Å². The van der Waals surface area contributed by atoms with E-state index in [4.69, 9.17) is 0 Å². The summed E-state index contributed by atoms with van der Waals surface area (Å²) in [6.45, 7) is 2.81. The summed E-state index contributed by atoms with van der Waals surface area (Å²) in [4.78, 5) is 21.7. The van der Waals surface area contributed by atoms with E-state index in [2.05, 4.69) is 22.0 Å². The monoisotopic (exact) mass is 233 g/mol. The minimum atomic E-state index is -0.163. The van der Waals surface area contributed by atoms with Crippen LogP contribution in [0.4, 0.5) is 0 Å². The maximum atomic E-state index is 12.0. The second-order valence-electron chi connectivity index (χ2n) is 3.88. The van der Waals surface area contributed by atoms with Crippen molar-refractivity contribution in [2.75, 3.05) is 13.6 Å². The second kappa shape index (κ2) is 4.90. The average molecular weight is 233 g/mol. The molecule has 17 heavy (non-hydrogen) atoms. The van der Waals surface area contributed by atoms with Crippen molar-refractivity contribution in [1.29, 1.82) is 0 Å². The van der Waals surface area contributed by atoms with Gasteiger partial charge in [0.05, 0.1) is 0 Å². The van der Waals surface area contributed by atoms with Crippen LogP contribution in [0.5, 0.6) is 0 Å². The molecule has 0 unspecified atom stereocenters. The average Bonchev–Trinajstić information content (AvgIpc) is 2.78. The third-order valence-corrected chi connectivity index (χ3v) is 2.50. The molecule has 0 N–H and O–H groups in total. The molecule has 0 saturated carbocycles. The molecule has 6 nitrogen and oxygen atoms in total. The number of amides is 1. The van der Waals surface area contributed by atoms with Crippen molar-refractivity contribution in [3.05, 3.63) is 24.3 Å². The van der Waals surface area contributed by atoms with Gasteiger partial charge < -0.3 is 4.90 Å². The van der Waals surface area contributed by atoms with E-state index < -0.39 is 0 Å². The van der Waals surface area contributed by atoms with E-state index in [1.807, 2.05) is 0 Å². The number of hydrogen-bond acceptors (Lipinski definition) is 4. The Hall–Kier alpha value is -1.98. The number of rotatable bonds is 4. The number of aromatic nitrogens is 4. The second-order valence-corrected chi connectivity index (χ2v) is 3.88. The molecule has 0 radical (unpaired) electrons. The van der Waals surface area contributed by atoms with E-state index in [9.17, 15) is 4.79 Å². The van der Waals surface area contributed by atoms with Crippen molar-refractivity contribution in [2.45, 2.75) is 19.8 Å². The highest BCUT2D eigenvalue weighted by atomic mass is 16.2. The summed E-state index contributed by atoms with van der Waals surface area (Å²) in [5.41, 5.74) is 0. The van der Waals surface area contributed by atoms with Crippen LogP contribution in [0.2, 0.25) is 0 Å². The third-order valence-electron chi connectivity index (χ3n) is 2.50. The lowest BCUT2D eigenvalue weighted by Crippen LogP contribution is -2.28. The van der Waals surface area contributed by atoms with E-state index >= 15 is 0 Å². The first-order valence-corrected chi connectivity index (χ1v) is 5.65. The van der Waals surface area contributed by atoms with Crippen molar-refractivity contribution in [3.63, 3.8) is 0 Å². The highest BCUT2D eigenvalue weighted by molar-refractivity contribution is 5.90. The summed E-state index contributed by atoms with van der Waals surface area (Å²) >= 11 is 0. The first-order chi connectivity index (χ1) is 8.22. The summed E-state index contributed by atoms with van der Waals surface area (Å²) in [6, 6.07) is 1.75. The molecule has 1 amide bonds. The number of fused-ring (bicyclic) bond motifs is 1. The van der Waals surface area contributed by atoms with E-state index in [1.54, 1.807) is 30.4 Å². The molecule has 0 fully saturated rings. The molecule has 0 saturated heterocycles. The van der Waals surface area contributed by atoms with Crippen LogP contribution in [0.15, 0.2) is 18.5 Å². The summed E-state index contributed by atoms with van der Waals surface area (Å²) in [7, 11) is 1.76. The zero-order valence-electron chi connectivity index (χ0n) is 10.00. The Bertz CT molecular complexity index is 488. The van der Waals surface area contributed by atoms with Crippen molar-refractivity contribution in [2.24, 2.45) is 0 Å². The molecule has 0 atom stereocenters. The molecule has 0 aromatic carbocycles. The molecule has 2 aromatic heterocycles. The third kappa shape index (κ3) is 2.41. The van der Waals surface area contributed by atoms with Gasteiger partial charge in [-0.1, -0.05) is 13.3 Å². The fraction of sp³-hybridized carbons (Fsp3) is 0.455. The predicted molar refractivity (Wildman–Crippen MR) is 62.7 cm³/mol. The molecule has 0 aliphatic rings. The van der Waals surface area contributed by atoms with Gasteiger partial charge in [-0.05, 0) is 12.5 Å². The summed E-state index contributed by atoms with van der Waals surface area (Å²) in [6.07, 6.45) is 5.38. The number of nitrogens with zero attached hydrogens (tertiary/aromatic N) is 5. The van der Waals surface area contributed by atoms with Crippen LogP contribution >= 0.6 is 0 Å². The Kier molecular flexibility index (Phi) is 3.32. The van der Waals surface area contributed by atoms with Gasteiger partial charge in [-0.25, -0.2) is 9.50 Å². The lowest BCUT2D eigenvalue weighted by molar-refractivity contribution is 0.0781. The maximum absolute atomic E-state index is 12.0. The van der Waals surface area contributed by atoms with Gasteiger partial charge in [0.25, 0.3) is 11.7 Å². The van der Waals surface area contributed by atoms with E-state index in [-0.39, 0.29) is 11.7 Å². The Morgan fingerprint density at radius 2 is 2.35 bits per heavy atom. The number of hydrogen-bond donors (Lipinski definition) is 0. The normalized spacial score (nSPS) is 10.7. The largest absolute Gasteiger partial charge is 0.339 e. The van der Waals surface area contributed by atoms with Crippen LogP contribution in [0.1, 0.15) is 30.4 Å². The lowest BCUT2D eigenvalue weighted by Gasteiger charge is -2.13. The molecule has 6 heteroatoms. The van der Waals surface area contributed by atoms with Gasteiger partial charge in [-0.15, -0.1) is 5.10 Å². The molecule has 0 bridgehead atoms. The summed E-state index contributed by atoms with van der Waals surface area (Å²) in [5, 5.41) is 4.09. The van der Waals surface area contributed by atoms with Gasteiger partial charge >= 0.3 is 0 Å². The molecule has 0 aliphatic heterocycles. The Morgan fingerprint density at radius 1 is 1.53 bits per heavy atom.